The number of hydrogen-bond donors (Lipinski definition) is 2. The lowest BCUT2D eigenvalue weighted by Crippen LogP contribution is -2.26. The van der Waals surface area contributed by atoms with Crippen molar-refractivity contribution < 1.29 is 17.9 Å². The molecule has 0 aliphatic rings. The Morgan fingerprint density at radius 1 is 0.967 bits per heavy atom. The fourth-order valence-electron chi connectivity index (χ4n) is 2.80. The Bertz CT molecular complexity index is 1130. The number of methoxy groups -OCH3 is 1. The van der Waals surface area contributed by atoms with E-state index in [0.29, 0.717) is 5.02 Å². The van der Waals surface area contributed by atoms with Crippen LogP contribution < -0.4 is 14.8 Å². The summed E-state index contributed by atoms with van der Waals surface area (Å²) in [4.78, 5) is 12.5. The number of carbonyl (C=O) groups excluding carboxylic acids is 1. The number of sulfonamides is 1. The van der Waals surface area contributed by atoms with Crippen molar-refractivity contribution in [1.29, 1.82) is 0 Å². The zero-order valence-corrected chi connectivity index (χ0v) is 17.8. The largest absolute Gasteiger partial charge is 0.495 e. The molecule has 0 aromatic heterocycles. The van der Waals surface area contributed by atoms with Gasteiger partial charge in [0.25, 0.3) is 5.91 Å². The van der Waals surface area contributed by atoms with Crippen molar-refractivity contribution in [3.8, 4) is 5.75 Å². The lowest BCUT2D eigenvalue weighted by molar-refractivity contribution is 0.0950. The summed E-state index contributed by atoms with van der Waals surface area (Å²) in [6, 6.07) is 20.6. The molecule has 0 atom stereocenters. The van der Waals surface area contributed by atoms with Crippen LogP contribution in [0.15, 0.2) is 77.7 Å². The molecular weight excluding hydrogens is 424 g/mol. The SMILES string of the molecule is COc1ccc(C(=O)NCc2ccccc2Cl)cc1S(=O)(=O)NCc1ccccc1. The molecule has 156 valence electrons. The second-order valence-corrected chi connectivity index (χ2v) is 8.59. The van der Waals surface area contributed by atoms with Gasteiger partial charge in [0.05, 0.1) is 7.11 Å². The van der Waals surface area contributed by atoms with Crippen molar-refractivity contribution in [1.82, 2.24) is 10.0 Å². The second kappa shape index (κ2) is 9.75. The zero-order valence-electron chi connectivity index (χ0n) is 16.3. The zero-order chi connectivity index (χ0) is 21.6. The first kappa shape index (κ1) is 21.8. The van der Waals surface area contributed by atoms with Crippen molar-refractivity contribution in [3.05, 3.63) is 94.5 Å². The summed E-state index contributed by atoms with van der Waals surface area (Å²) in [6.45, 7) is 0.341. The molecule has 3 aromatic rings. The molecule has 0 radical (unpaired) electrons. The number of carbonyl (C=O) groups is 1. The number of ether oxygens (including phenoxy) is 1. The summed E-state index contributed by atoms with van der Waals surface area (Å²) in [5.41, 5.74) is 1.77. The molecule has 30 heavy (non-hydrogen) atoms. The third kappa shape index (κ3) is 5.38. The van der Waals surface area contributed by atoms with E-state index in [2.05, 4.69) is 10.0 Å². The lowest BCUT2D eigenvalue weighted by atomic mass is 10.2. The molecule has 0 aliphatic heterocycles. The molecule has 1 amide bonds. The predicted molar refractivity (Wildman–Crippen MR) is 116 cm³/mol. The number of halogens is 1. The number of amides is 1. The van der Waals surface area contributed by atoms with Crippen molar-refractivity contribution in [3.63, 3.8) is 0 Å². The Hall–Kier alpha value is -2.87. The van der Waals surface area contributed by atoms with Crippen molar-refractivity contribution >= 4 is 27.5 Å². The molecule has 2 N–H and O–H groups in total. The molecule has 0 saturated carbocycles. The normalized spacial score (nSPS) is 11.1. The Balaban J connectivity index is 1.78. The van der Waals surface area contributed by atoms with Gasteiger partial charge in [0.2, 0.25) is 10.0 Å². The van der Waals surface area contributed by atoms with Gasteiger partial charge in [0.15, 0.2) is 0 Å². The van der Waals surface area contributed by atoms with Gasteiger partial charge < -0.3 is 10.1 Å². The van der Waals surface area contributed by atoms with E-state index in [1.54, 1.807) is 18.2 Å². The van der Waals surface area contributed by atoms with Crippen LogP contribution in [0.4, 0.5) is 0 Å². The number of benzene rings is 3. The van der Waals surface area contributed by atoms with Gasteiger partial charge in [0.1, 0.15) is 10.6 Å². The molecule has 8 heteroatoms. The fraction of sp³-hybridized carbons (Fsp3) is 0.136. The van der Waals surface area contributed by atoms with E-state index >= 15 is 0 Å². The quantitative estimate of drug-likeness (QED) is 0.554. The standard InChI is InChI=1S/C22H21ClN2O4S/c1-29-20-12-11-17(22(26)24-15-18-9-5-6-10-19(18)23)13-21(20)30(27,28)25-14-16-7-3-2-4-8-16/h2-13,25H,14-15H2,1H3,(H,24,26). The van der Waals surface area contributed by atoms with E-state index in [-0.39, 0.29) is 29.3 Å². The molecule has 0 aliphatic carbocycles. The highest BCUT2D eigenvalue weighted by atomic mass is 35.5. The van der Waals surface area contributed by atoms with Crippen LogP contribution in [0.1, 0.15) is 21.5 Å². The van der Waals surface area contributed by atoms with E-state index in [1.165, 1.54) is 25.3 Å². The summed E-state index contributed by atoms with van der Waals surface area (Å²) in [7, 11) is -2.53. The minimum Gasteiger partial charge on any atom is -0.495 e. The lowest BCUT2D eigenvalue weighted by Gasteiger charge is -2.13. The van der Waals surface area contributed by atoms with Crippen LogP contribution in [0.3, 0.4) is 0 Å². The van der Waals surface area contributed by atoms with E-state index < -0.39 is 15.9 Å². The van der Waals surface area contributed by atoms with E-state index in [0.717, 1.165) is 11.1 Å². The summed E-state index contributed by atoms with van der Waals surface area (Å²) >= 11 is 6.11. The Labute approximate surface area is 180 Å². The van der Waals surface area contributed by atoms with Gasteiger partial charge in [0, 0.05) is 23.7 Å². The predicted octanol–water partition coefficient (Wildman–Crippen LogP) is 3.76. The highest BCUT2D eigenvalue weighted by molar-refractivity contribution is 7.89. The van der Waals surface area contributed by atoms with Gasteiger partial charge in [-0.05, 0) is 35.4 Å². The van der Waals surface area contributed by atoms with Gasteiger partial charge in [-0.15, -0.1) is 0 Å². The highest BCUT2D eigenvalue weighted by Crippen LogP contribution is 2.25. The highest BCUT2D eigenvalue weighted by Gasteiger charge is 2.21. The minimum atomic E-state index is -3.91. The van der Waals surface area contributed by atoms with Crippen LogP contribution in [-0.4, -0.2) is 21.4 Å². The maximum atomic E-state index is 12.8. The monoisotopic (exact) mass is 444 g/mol. The average Bonchev–Trinajstić information content (AvgIpc) is 2.77. The molecule has 3 rings (SSSR count). The van der Waals surface area contributed by atoms with Crippen LogP contribution >= 0.6 is 11.6 Å². The molecule has 0 saturated heterocycles. The van der Waals surface area contributed by atoms with Crippen molar-refractivity contribution in [2.45, 2.75) is 18.0 Å². The maximum absolute atomic E-state index is 12.8. The molecule has 0 bridgehead atoms. The Kier molecular flexibility index (Phi) is 7.10. The number of hydrogen-bond acceptors (Lipinski definition) is 4. The van der Waals surface area contributed by atoms with Gasteiger partial charge >= 0.3 is 0 Å². The van der Waals surface area contributed by atoms with Crippen LogP contribution in [0.5, 0.6) is 5.75 Å². The Morgan fingerprint density at radius 2 is 1.67 bits per heavy atom. The van der Waals surface area contributed by atoms with Crippen LogP contribution in [-0.2, 0) is 23.1 Å². The average molecular weight is 445 g/mol. The van der Waals surface area contributed by atoms with E-state index in [9.17, 15) is 13.2 Å². The minimum absolute atomic E-state index is 0.105. The first-order chi connectivity index (χ1) is 14.4. The third-order valence-electron chi connectivity index (χ3n) is 4.42. The van der Waals surface area contributed by atoms with Crippen LogP contribution in [0.2, 0.25) is 5.02 Å². The van der Waals surface area contributed by atoms with Gasteiger partial charge in [-0.3, -0.25) is 4.79 Å². The fourth-order valence-corrected chi connectivity index (χ4v) is 4.21. The molecule has 0 spiro atoms. The molecule has 0 heterocycles. The summed E-state index contributed by atoms with van der Waals surface area (Å²) in [5, 5.41) is 3.29. The summed E-state index contributed by atoms with van der Waals surface area (Å²) in [6.07, 6.45) is 0. The van der Waals surface area contributed by atoms with Gasteiger partial charge in [-0.1, -0.05) is 60.1 Å². The third-order valence-corrected chi connectivity index (χ3v) is 6.21. The molecule has 6 nitrogen and oxygen atoms in total. The van der Waals surface area contributed by atoms with E-state index in [4.69, 9.17) is 16.3 Å². The van der Waals surface area contributed by atoms with Crippen molar-refractivity contribution in [2.24, 2.45) is 0 Å². The summed E-state index contributed by atoms with van der Waals surface area (Å²) in [5.74, 6) is -0.268. The molecule has 0 fully saturated rings. The molecule has 0 unspecified atom stereocenters. The second-order valence-electron chi connectivity index (χ2n) is 6.45. The van der Waals surface area contributed by atoms with Crippen LogP contribution in [0, 0.1) is 0 Å². The van der Waals surface area contributed by atoms with Gasteiger partial charge in [-0.25, -0.2) is 13.1 Å². The first-order valence-electron chi connectivity index (χ1n) is 9.14. The van der Waals surface area contributed by atoms with Gasteiger partial charge in [-0.2, -0.15) is 0 Å². The molecule has 3 aromatic carbocycles. The molecular formula is C22H21ClN2O4S. The Morgan fingerprint density at radius 3 is 2.37 bits per heavy atom. The first-order valence-corrected chi connectivity index (χ1v) is 11.0. The van der Waals surface area contributed by atoms with Crippen LogP contribution in [0.25, 0.3) is 0 Å². The topological polar surface area (TPSA) is 84.5 Å². The van der Waals surface area contributed by atoms with Crippen molar-refractivity contribution in [2.75, 3.05) is 7.11 Å². The maximum Gasteiger partial charge on any atom is 0.251 e. The van der Waals surface area contributed by atoms with E-state index in [1.807, 2.05) is 36.4 Å². The number of nitrogens with one attached hydrogen (secondary N) is 2. The summed E-state index contributed by atoms with van der Waals surface area (Å²) < 4.78 is 33.4. The smallest absolute Gasteiger partial charge is 0.251 e. The number of rotatable bonds is 8.